The second-order valence-electron chi connectivity index (χ2n) is 16.1. The van der Waals surface area contributed by atoms with Crippen molar-refractivity contribution in [2.24, 2.45) is 56.7 Å². The molecule has 3 nitrogen and oxygen atoms in total. The molecule has 0 radical (unpaired) electrons. The lowest BCUT2D eigenvalue weighted by Gasteiger charge is -2.73. The Morgan fingerprint density at radius 1 is 0.895 bits per heavy atom. The van der Waals surface area contributed by atoms with Gasteiger partial charge in [-0.05, 0) is 129 Å². The molecule has 1 N–H and O–H groups in total. The van der Waals surface area contributed by atoms with Crippen molar-refractivity contribution in [2.45, 2.75) is 138 Å². The number of hydrogen-bond donors (Lipinski definition) is 1. The molecule has 0 saturated heterocycles. The largest absolute Gasteiger partial charge is 0.462 e. The number of allylic oxidation sites excluding steroid dienone is 1. The van der Waals surface area contributed by atoms with Crippen molar-refractivity contribution in [2.75, 3.05) is 6.61 Å². The van der Waals surface area contributed by atoms with Crippen LogP contribution in [0.15, 0.2) is 12.2 Å². The maximum atomic E-state index is 12.6. The smallest absolute Gasteiger partial charge is 0.306 e. The number of carbonyl (C=O) groups excluding carboxylic acids is 1. The van der Waals surface area contributed by atoms with Crippen LogP contribution < -0.4 is 0 Å². The van der Waals surface area contributed by atoms with Gasteiger partial charge in [-0.3, -0.25) is 4.79 Å². The van der Waals surface area contributed by atoms with Gasteiger partial charge in [0, 0.05) is 18.4 Å². The van der Waals surface area contributed by atoms with Gasteiger partial charge in [0.1, 0.15) is 6.10 Å². The van der Waals surface area contributed by atoms with E-state index in [1.807, 2.05) is 0 Å². The number of fused-ring (bicyclic) bond motifs is 7. The van der Waals surface area contributed by atoms with Crippen molar-refractivity contribution in [1.82, 2.24) is 0 Å². The molecule has 10 atom stereocenters. The quantitative estimate of drug-likeness (QED) is 0.278. The number of esters is 1. The lowest BCUT2D eigenvalue weighted by Crippen LogP contribution is -2.67. The number of aliphatic hydroxyl groups is 1. The summed E-state index contributed by atoms with van der Waals surface area (Å²) in [5, 5.41) is 10.7. The molecule has 0 aromatic carbocycles. The van der Waals surface area contributed by atoms with Crippen LogP contribution in [0.3, 0.4) is 0 Å². The molecule has 0 spiro atoms. The van der Waals surface area contributed by atoms with Gasteiger partial charge in [0.25, 0.3) is 0 Å². The fraction of sp³-hybridized carbons (Fsp3) is 0.914. The summed E-state index contributed by atoms with van der Waals surface area (Å²) in [4.78, 5) is 12.6. The molecule has 5 saturated carbocycles. The summed E-state index contributed by atoms with van der Waals surface area (Å²) in [6.07, 6.45) is 14.8. The highest BCUT2D eigenvalue weighted by Crippen LogP contribution is 2.77. The molecule has 3 heteroatoms. The molecular formula is C35H58O3. The Morgan fingerprint density at radius 2 is 1.63 bits per heavy atom. The predicted molar refractivity (Wildman–Crippen MR) is 155 cm³/mol. The fourth-order valence-corrected chi connectivity index (χ4v) is 12.3. The molecule has 38 heavy (non-hydrogen) atoms. The molecule has 0 aromatic heterocycles. The average Bonchev–Trinajstić information content (AvgIpc) is 3.25. The summed E-state index contributed by atoms with van der Waals surface area (Å²) >= 11 is 0. The van der Waals surface area contributed by atoms with Gasteiger partial charge in [-0.2, -0.15) is 0 Å². The number of aliphatic hydroxyl groups excluding tert-OH is 1. The highest BCUT2D eigenvalue weighted by Gasteiger charge is 2.71. The standard InChI is InChI=1S/C35H58O3/c1-9-10-11-29(37)38-28-16-17-32(6)26(31(28,4)5)15-18-34(8)27(32)13-12-25-30-24(23(2)3)14-19-35(30,22-36)21-20-33(25,34)7/h24-28,30,36H,2,9-22H2,1,3-8H3/t24-,25+,26-,27+,28-,30+,32-,33+,34+,35+/m0/s1. The summed E-state index contributed by atoms with van der Waals surface area (Å²) in [6.45, 7) is 22.0. The van der Waals surface area contributed by atoms with E-state index in [9.17, 15) is 9.90 Å². The first-order chi connectivity index (χ1) is 17.8. The minimum absolute atomic E-state index is 0.0143. The van der Waals surface area contributed by atoms with E-state index in [1.165, 1.54) is 63.4 Å². The second kappa shape index (κ2) is 9.63. The van der Waals surface area contributed by atoms with Crippen molar-refractivity contribution in [3.8, 4) is 0 Å². The van der Waals surface area contributed by atoms with Gasteiger partial charge >= 0.3 is 5.97 Å². The third-order valence-corrected chi connectivity index (χ3v) is 14.5. The van der Waals surface area contributed by atoms with Crippen LogP contribution in [0.5, 0.6) is 0 Å². The number of hydrogen-bond acceptors (Lipinski definition) is 3. The Hall–Kier alpha value is -0.830. The normalized spacial score (nSPS) is 49.3. The van der Waals surface area contributed by atoms with E-state index in [0.717, 1.165) is 25.2 Å². The van der Waals surface area contributed by atoms with Crippen LogP contribution in [-0.2, 0) is 9.53 Å². The zero-order chi connectivity index (χ0) is 27.7. The van der Waals surface area contributed by atoms with E-state index in [4.69, 9.17) is 4.74 Å². The zero-order valence-electron chi connectivity index (χ0n) is 25.8. The number of carbonyl (C=O) groups is 1. The van der Waals surface area contributed by atoms with Crippen molar-refractivity contribution < 1.29 is 14.6 Å². The minimum atomic E-state index is 0.0143. The van der Waals surface area contributed by atoms with Crippen molar-refractivity contribution >= 4 is 5.97 Å². The van der Waals surface area contributed by atoms with E-state index >= 15 is 0 Å². The third kappa shape index (κ3) is 3.86. The Bertz CT molecular complexity index is 937. The lowest BCUT2D eigenvalue weighted by atomic mass is 9.32. The first-order valence-corrected chi connectivity index (χ1v) is 16.3. The first-order valence-electron chi connectivity index (χ1n) is 16.3. The molecule has 5 fully saturated rings. The van der Waals surface area contributed by atoms with Crippen molar-refractivity contribution in [3.63, 3.8) is 0 Å². The molecule has 0 amide bonds. The van der Waals surface area contributed by atoms with E-state index in [1.54, 1.807) is 0 Å². The van der Waals surface area contributed by atoms with Crippen molar-refractivity contribution in [1.29, 1.82) is 0 Å². The molecule has 0 aliphatic heterocycles. The Labute approximate surface area is 233 Å². The van der Waals surface area contributed by atoms with Crippen LogP contribution in [0.2, 0.25) is 0 Å². The summed E-state index contributed by atoms with van der Waals surface area (Å²) in [5.74, 6) is 3.20. The SMILES string of the molecule is C=C(C)[C@@H]1CC[C@]2(CO)CC[C@]3(C)[C@H](CC[C@@H]4[C@@]5(C)CC[C@H](OC(=O)CCCC)C(C)(C)[C@@H]5CC[C@]43C)[C@@H]12. The zero-order valence-corrected chi connectivity index (χ0v) is 25.8. The van der Waals surface area contributed by atoms with Crippen LogP contribution >= 0.6 is 0 Å². The van der Waals surface area contributed by atoms with Gasteiger partial charge in [-0.25, -0.2) is 0 Å². The molecule has 0 heterocycles. The van der Waals surface area contributed by atoms with E-state index in [0.29, 0.717) is 52.9 Å². The molecular weight excluding hydrogens is 468 g/mol. The monoisotopic (exact) mass is 526 g/mol. The number of ether oxygens (including phenoxy) is 1. The Balaban J connectivity index is 1.44. The maximum absolute atomic E-state index is 12.6. The summed E-state index contributed by atoms with van der Waals surface area (Å²) in [6, 6.07) is 0. The highest BCUT2D eigenvalue weighted by molar-refractivity contribution is 5.69. The molecule has 0 unspecified atom stereocenters. The predicted octanol–water partition coefficient (Wildman–Crippen LogP) is 8.74. The topological polar surface area (TPSA) is 46.5 Å². The van der Waals surface area contributed by atoms with Crippen LogP contribution in [0.4, 0.5) is 0 Å². The second-order valence-corrected chi connectivity index (χ2v) is 16.1. The Kier molecular flexibility index (Phi) is 7.27. The van der Waals surface area contributed by atoms with E-state index < -0.39 is 0 Å². The molecule has 216 valence electrons. The minimum Gasteiger partial charge on any atom is -0.462 e. The highest BCUT2D eigenvalue weighted by atomic mass is 16.5. The molecule has 0 aromatic rings. The van der Waals surface area contributed by atoms with Crippen LogP contribution in [0.25, 0.3) is 0 Å². The summed E-state index contributed by atoms with van der Waals surface area (Å²) < 4.78 is 6.20. The van der Waals surface area contributed by atoms with Gasteiger partial charge in [-0.15, -0.1) is 0 Å². The molecule has 5 aliphatic rings. The number of unbranched alkanes of at least 4 members (excludes halogenated alkanes) is 1. The van der Waals surface area contributed by atoms with Crippen LogP contribution in [0, 0.1) is 56.7 Å². The average molecular weight is 527 g/mol. The third-order valence-electron chi connectivity index (χ3n) is 14.5. The van der Waals surface area contributed by atoms with Crippen molar-refractivity contribution in [3.05, 3.63) is 12.2 Å². The molecule has 5 aliphatic carbocycles. The van der Waals surface area contributed by atoms with E-state index in [2.05, 4.69) is 55.0 Å². The molecule has 0 bridgehead atoms. The van der Waals surface area contributed by atoms with Gasteiger partial charge in [0.15, 0.2) is 0 Å². The molecule has 5 rings (SSSR count). The lowest BCUT2D eigenvalue weighted by molar-refractivity contribution is -0.251. The van der Waals surface area contributed by atoms with E-state index in [-0.39, 0.29) is 22.9 Å². The Morgan fingerprint density at radius 3 is 2.29 bits per heavy atom. The summed E-state index contributed by atoms with van der Waals surface area (Å²) in [5.41, 5.74) is 2.44. The van der Waals surface area contributed by atoms with Crippen LogP contribution in [-0.4, -0.2) is 23.8 Å². The summed E-state index contributed by atoms with van der Waals surface area (Å²) in [7, 11) is 0. The van der Waals surface area contributed by atoms with Gasteiger partial charge in [0.05, 0.1) is 0 Å². The first kappa shape index (κ1) is 28.7. The fourth-order valence-electron chi connectivity index (χ4n) is 12.3. The maximum Gasteiger partial charge on any atom is 0.306 e. The van der Waals surface area contributed by atoms with Gasteiger partial charge in [0.2, 0.25) is 0 Å². The number of rotatable bonds is 6. The van der Waals surface area contributed by atoms with Crippen LogP contribution in [0.1, 0.15) is 132 Å². The van der Waals surface area contributed by atoms with Gasteiger partial charge < -0.3 is 9.84 Å². The van der Waals surface area contributed by atoms with Gasteiger partial charge in [-0.1, -0.05) is 60.1 Å².